The molecular weight excluding hydrogens is 223 g/mol. The minimum atomic E-state index is -2.17. The van der Waals surface area contributed by atoms with E-state index < -0.39 is 7.32 Å². The van der Waals surface area contributed by atoms with Crippen LogP contribution < -0.4 is 0 Å². The first kappa shape index (κ1) is 15.7. The first-order chi connectivity index (χ1) is 1.73. The van der Waals surface area contributed by atoms with Crippen molar-refractivity contribution in [3.05, 3.63) is 0 Å². The Hall–Kier alpha value is 2.09. The van der Waals surface area contributed by atoms with Crippen LogP contribution in [0.25, 0.3) is 0 Å². The van der Waals surface area contributed by atoms with Crippen LogP contribution in [0.4, 0.5) is 0 Å². The van der Waals surface area contributed by atoms with E-state index in [1.165, 1.54) is 0 Å². The van der Waals surface area contributed by atoms with E-state index in [0.717, 1.165) is 0 Å². The fourth-order valence-electron chi connectivity index (χ4n) is 0. The Morgan fingerprint density at radius 3 is 1.00 bits per heavy atom. The summed E-state index contributed by atoms with van der Waals surface area (Å²) >= 11 is 0. The van der Waals surface area contributed by atoms with Gasteiger partial charge >= 0.3 is 7.32 Å². The van der Waals surface area contributed by atoms with Crippen LogP contribution >= 0.6 is 0 Å². The summed E-state index contributed by atoms with van der Waals surface area (Å²) in [5, 5.41) is 21.5. The molecule has 0 saturated carbocycles. The van der Waals surface area contributed by atoms with E-state index in [2.05, 4.69) is 0 Å². The second-order valence-electron chi connectivity index (χ2n) is 0.346. The van der Waals surface area contributed by atoms with Crippen molar-refractivity contribution in [2.75, 3.05) is 0 Å². The van der Waals surface area contributed by atoms with Crippen LogP contribution in [0.1, 0.15) is 0 Å². The van der Waals surface area contributed by atoms with Crippen LogP contribution in [0.15, 0.2) is 0 Å². The normalized spacial score (nSPS) is 4.50. The monoisotopic (exact) mass is 226 g/mol. The maximum Gasteiger partial charge on any atom is 0.631 e. The standard InChI is InChI=1S/BH3O3.Ce.Mg/c2-1(3)4;;/h2-4H;;. The van der Waals surface area contributed by atoms with Gasteiger partial charge in [0.25, 0.3) is 0 Å². The Bertz CT molecular complexity index is 15.5. The molecule has 2 radical (unpaired) electrons. The van der Waals surface area contributed by atoms with Crippen molar-refractivity contribution in [2.45, 2.75) is 0 Å². The Labute approximate surface area is 85.8 Å². The molecule has 6 heteroatoms. The summed E-state index contributed by atoms with van der Waals surface area (Å²) in [6.45, 7) is 0. The maximum absolute atomic E-state index is 7.17. The average molecular weight is 226 g/mol. The van der Waals surface area contributed by atoms with Gasteiger partial charge in [-0.15, -0.1) is 0 Å². The summed E-state index contributed by atoms with van der Waals surface area (Å²) in [6.07, 6.45) is 0. The first-order valence-electron chi connectivity index (χ1n) is 0.775. The molecule has 3 nitrogen and oxygen atoms in total. The summed E-state index contributed by atoms with van der Waals surface area (Å²) in [5.41, 5.74) is 0. The molecule has 30 valence electrons. The zero-order valence-corrected chi connectivity index (χ0v) is 7.68. The van der Waals surface area contributed by atoms with Gasteiger partial charge in [-0.2, -0.15) is 0 Å². The van der Waals surface area contributed by atoms with Gasteiger partial charge in [-0.3, -0.25) is 0 Å². The molecule has 0 saturated heterocycles. The van der Waals surface area contributed by atoms with Gasteiger partial charge in [0, 0.05) is 64.8 Å². The first-order valence-corrected chi connectivity index (χ1v) is 0.775. The molecule has 0 aromatic rings. The third-order valence-electron chi connectivity index (χ3n) is 0. The molecule has 0 aromatic heterocycles. The predicted molar refractivity (Wildman–Crippen MR) is 18.2 cm³/mol. The van der Waals surface area contributed by atoms with E-state index in [1.807, 2.05) is 0 Å². The molecule has 0 fully saturated rings. The molecule has 0 amide bonds. The van der Waals surface area contributed by atoms with Crippen LogP contribution in [0.3, 0.4) is 0 Å². The summed E-state index contributed by atoms with van der Waals surface area (Å²) in [5.74, 6) is 0. The molecule has 0 aliphatic heterocycles. The van der Waals surface area contributed by atoms with Crippen LogP contribution in [-0.4, -0.2) is 45.4 Å². The minimum absolute atomic E-state index is 0. The number of rotatable bonds is 0. The molecule has 0 unspecified atom stereocenters. The van der Waals surface area contributed by atoms with E-state index >= 15 is 0 Å². The zero-order valence-electron chi connectivity index (χ0n) is 3.13. The molecule has 0 rings (SSSR count). The average Bonchev–Trinajstić information content (AvgIpc) is 0.811. The minimum Gasteiger partial charge on any atom is -0.402 e. The van der Waals surface area contributed by atoms with E-state index in [-0.39, 0.29) is 64.8 Å². The summed E-state index contributed by atoms with van der Waals surface area (Å²) < 4.78 is 0. The Morgan fingerprint density at radius 1 is 1.00 bits per heavy atom. The van der Waals surface area contributed by atoms with Gasteiger partial charge in [0.15, 0.2) is 0 Å². The second kappa shape index (κ2) is 10.1. The SMILES string of the molecule is OB(O)O.[Ce].[Mg]. The van der Waals surface area contributed by atoms with E-state index in [1.54, 1.807) is 0 Å². The van der Waals surface area contributed by atoms with Gasteiger partial charge < -0.3 is 15.1 Å². The number of hydrogen-bond acceptors (Lipinski definition) is 3. The summed E-state index contributed by atoms with van der Waals surface area (Å²) in [4.78, 5) is 0. The maximum atomic E-state index is 7.17. The largest absolute Gasteiger partial charge is 0.631 e. The predicted octanol–water partition coefficient (Wildman–Crippen LogP) is -2.43. The third kappa shape index (κ3) is 36.2. The Balaban J connectivity index is -0.0000000450. The van der Waals surface area contributed by atoms with Gasteiger partial charge in [0.05, 0.1) is 0 Å². The summed E-state index contributed by atoms with van der Waals surface area (Å²) in [7, 11) is -2.17. The van der Waals surface area contributed by atoms with Crippen LogP contribution in [0, 0.1) is 41.7 Å². The van der Waals surface area contributed by atoms with Gasteiger partial charge in [0.2, 0.25) is 0 Å². The zero-order chi connectivity index (χ0) is 3.58. The molecule has 0 atom stereocenters. The molecule has 3 N–H and O–H groups in total. The van der Waals surface area contributed by atoms with Crippen molar-refractivity contribution in [3.8, 4) is 0 Å². The van der Waals surface area contributed by atoms with Gasteiger partial charge in [0.1, 0.15) is 0 Å². The van der Waals surface area contributed by atoms with Crippen molar-refractivity contribution in [2.24, 2.45) is 0 Å². The van der Waals surface area contributed by atoms with Gasteiger partial charge in [-0.25, -0.2) is 0 Å². The van der Waals surface area contributed by atoms with Crippen LogP contribution in [0.2, 0.25) is 0 Å². The van der Waals surface area contributed by atoms with E-state index in [4.69, 9.17) is 15.1 Å². The second-order valence-corrected chi connectivity index (χ2v) is 0.346. The van der Waals surface area contributed by atoms with Crippen LogP contribution in [-0.2, 0) is 0 Å². The smallest absolute Gasteiger partial charge is 0.402 e. The molecule has 0 aliphatic rings. The molecule has 0 heterocycles. The summed E-state index contributed by atoms with van der Waals surface area (Å²) in [6, 6.07) is 0. The quantitative estimate of drug-likeness (QED) is 0.402. The Kier molecular flexibility index (Phi) is 26.5. The topological polar surface area (TPSA) is 60.7 Å². The molecule has 0 aliphatic carbocycles. The van der Waals surface area contributed by atoms with Gasteiger partial charge in [-0.1, -0.05) is 0 Å². The van der Waals surface area contributed by atoms with E-state index in [0.29, 0.717) is 0 Å². The molecular formula is H3BCeMgO3. The third-order valence-corrected chi connectivity index (χ3v) is 0. The fraction of sp³-hybridized carbons (Fsp3) is 0. The van der Waals surface area contributed by atoms with Crippen molar-refractivity contribution >= 4 is 30.4 Å². The van der Waals surface area contributed by atoms with Crippen LogP contribution in [0.5, 0.6) is 0 Å². The van der Waals surface area contributed by atoms with Gasteiger partial charge in [-0.05, 0) is 0 Å². The van der Waals surface area contributed by atoms with Crippen molar-refractivity contribution < 1.29 is 56.8 Å². The van der Waals surface area contributed by atoms with Crippen molar-refractivity contribution in [3.63, 3.8) is 0 Å². The molecule has 0 aromatic carbocycles. The Morgan fingerprint density at radius 2 is 1.00 bits per heavy atom. The molecule has 0 spiro atoms. The van der Waals surface area contributed by atoms with Crippen molar-refractivity contribution in [1.82, 2.24) is 0 Å². The fourth-order valence-corrected chi connectivity index (χ4v) is 0. The number of hydrogen-bond donors (Lipinski definition) is 3. The molecule has 0 bridgehead atoms. The van der Waals surface area contributed by atoms with E-state index in [9.17, 15) is 0 Å². The molecule has 6 heavy (non-hydrogen) atoms. The van der Waals surface area contributed by atoms with Crippen molar-refractivity contribution in [1.29, 1.82) is 0 Å².